The molecule has 3 heterocycles. The van der Waals surface area contributed by atoms with Crippen molar-refractivity contribution in [3.8, 4) is 11.4 Å². The molecule has 0 radical (unpaired) electrons. The van der Waals surface area contributed by atoms with Gasteiger partial charge in [0.2, 0.25) is 5.95 Å². The lowest BCUT2D eigenvalue weighted by atomic mass is 10.2. The van der Waals surface area contributed by atoms with Crippen molar-refractivity contribution in [3.05, 3.63) is 59.4 Å². The normalized spacial score (nSPS) is 11.7. The van der Waals surface area contributed by atoms with Gasteiger partial charge in [0.1, 0.15) is 11.6 Å². The van der Waals surface area contributed by atoms with E-state index < -0.39 is 17.8 Å². The van der Waals surface area contributed by atoms with Crippen molar-refractivity contribution in [3.63, 3.8) is 0 Å². The maximum Gasteiger partial charge on any atom is 0.434 e. The fourth-order valence-electron chi connectivity index (χ4n) is 2.02. The highest BCUT2D eigenvalue weighted by Gasteiger charge is 2.35. The number of halogens is 5. The molecule has 0 N–H and O–H groups in total. The Morgan fingerprint density at radius 2 is 1.83 bits per heavy atom. The first-order chi connectivity index (χ1) is 11.3. The summed E-state index contributed by atoms with van der Waals surface area (Å²) in [5, 5.41) is 0.303. The maximum absolute atomic E-state index is 13.3. The Hall–Kier alpha value is -2.55. The molecule has 0 atom stereocenters. The number of imidazole rings is 1. The highest BCUT2D eigenvalue weighted by Crippen LogP contribution is 2.31. The first-order valence-electron chi connectivity index (χ1n) is 6.55. The molecule has 0 unspecified atom stereocenters. The van der Waals surface area contributed by atoms with Crippen LogP contribution in [0.2, 0.25) is 5.02 Å². The van der Waals surface area contributed by atoms with Gasteiger partial charge in [-0.25, -0.2) is 19.9 Å². The van der Waals surface area contributed by atoms with Crippen LogP contribution in [-0.2, 0) is 12.7 Å². The van der Waals surface area contributed by atoms with E-state index in [-0.39, 0.29) is 23.8 Å². The lowest BCUT2D eigenvalue weighted by Crippen LogP contribution is -2.06. The summed E-state index contributed by atoms with van der Waals surface area (Å²) in [5.41, 5.74) is -0.935. The topological polar surface area (TPSA) is 56.5 Å². The van der Waals surface area contributed by atoms with Gasteiger partial charge >= 0.3 is 6.18 Å². The fourth-order valence-corrected chi connectivity index (χ4v) is 2.12. The Labute approximate surface area is 138 Å². The van der Waals surface area contributed by atoms with Gasteiger partial charge in [-0.3, -0.25) is 0 Å². The Morgan fingerprint density at radius 3 is 2.46 bits per heavy atom. The van der Waals surface area contributed by atoms with E-state index in [1.165, 1.54) is 23.0 Å². The zero-order valence-corrected chi connectivity index (χ0v) is 12.6. The first kappa shape index (κ1) is 16.3. The number of pyridine rings is 1. The Morgan fingerprint density at radius 1 is 1.12 bits per heavy atom. The van der Waals surface area contributed by atoms with Crippen molar-refractivity contribution in [2.45, 2.75) is 12.7 Å². The Bertz CT molecular complexity index is 860. The molecular weight excluding hydrogens is 350 g/mol. The van der Waals surface area contributed by atoms with Crippen molar-refractivity contribution in [1.29, 1.82) is 0 Å². The van der Waals surface area contributed by atoms with Crippen molar-refractivity contribution >= 4 is 11.6 Å². The summed E-state index contributed by atoms with van der Waals surface area (Å²) >= 11 is 5.68. The molecule has 0 aliphatic rings. The number of hydrogen-bond acceptors (Lipinski definition) is 4. The second-order valence-corrected chi connectivity index (χ2v) is 5.20. The molecule has 0 saturated heterocycles. The van der Waals surface area contributed by atoms with Crippen LogP contribution in [0.1, 0.15) is 11.5 Å². The van der Waals surface area contributed by atoms with Gasteiger partial charge in [0.05, 0.1) is 11.6 Å². The maximum atomic E-state index is 13.3. The monoisotopic (exact) mass is 357 g/mol. The standard InChI is InChI=1S/C14H8ClF4N5/c15-9-4-21-12(22-5-9)7-24-6-10(14(17,18)19)23-13(24)8-1-2-20-11(16)3-8/h1-6H,7H2. The van der Waals surface area contributed by atoms with Gasteiger partial charge in [-0.15, -0.1) is 0 Å². The lowest BCUT2D eigenvalue weighted by Gasteiger charge is -2.06. The third-order valence-corrected chi connectivity index (χ3v) is 3.23. The van der Waals surface area contributed by atoms with E-state index in [2.05, 4.69) is 19.9 Å². The average molecular weight is 358 g/mol. The minimum Gasteiger partial charge on any atom is -0.323 e. The van der Waals surface area contributed by atoms with Crippen molar-refractivity contribution in [2.75, 3.05) is 0 Å². The third-order valence-electron chi connectivity index (χ3n) is 3.04. The van der Waals surface area contributed by atoms with Crippen LogP contribution in [0.3, 0.4) is 0 Å². The zero-order valence-electron chi connectivity index (χ0n) is 11.8. The Balaban J connectivity index is 2.06. The number of nitrogens with zero attached hydrogens (tertiary/aromatic N) is 5. The van der Waals surface area contributed by atoms with Crippen molar-refractivity contribution in [2.24, 2.45) is 0 Å². The zero-order chi connectivity index (χ0) is 17.3. The minimum atomic E-state index is -4.63. The molecule has 0 spiro atoms. The van der Waals surface area contributed by atoms with E-state index in [1.54, 1.807) is 0 Å². The molecule has 0 bridgehead atoms. The molecule has 5 nitrogen and oxygen atoms in total. The van der Waals surface area contributed by atoms with Crippen molar-refractivity contribution < 1.29 is 17.6 Å². The molecule has 0 aliphatic heterocycles. The number of aromatic nitrogens is 5. The molecule has 0 aliphatic carbocycles. The van der Waals surface area contributed by atoms with E-state index in [1.807, 2.05) is 0 Å². The summed E-state index contributed by atoms with van der Waals surface area (Å²) < 4.78 is 53.4. The predicted molar refractivity (Wildman–Crippen MR) is 76.6 cm³/mol. The van der Waals surface area contributed by atoms with Crippen LogP contribution < -0.4 is 0 Å². The third kappa shape index (κ3) is 3.51. The molecule has 0 saturated carbocycles. The second-order valence-electron chi connectivity index (χ2n) is 4.76. The van der Waals surface area contributed by atoms with Crippen molar-refractivity contribution in [1.82, 2.24) is 24.5 Å². The molecule has 3 aromatic heterocycles. The van der Waals surface area contributed by atoms with Crippen LogP contribution in [0.5, 0.6) is 0 Å². The highest BCUT2D eigenvalue weighted by atomic mass is 35.5. The number of hydrogen-bond donors (Lipinski definition) is 0. The summed E-state index contributed by atoms with van der Waals surface area (Å²) in [6.45, 7) is -0.0838. The number of rotatable bonds is 3. The summed E-state index contributed by atoms with van der Waals surface area (Å²) in [5.74, 6) is -0.651. The van der Waals surface area contributed by atoms with Gasteiger partial charge in [-0.05, 0) is 6.07 Å². The molecular formula is C14H8ClF4N5. The van der Waals surface area contributed by atoms with E-state index in [9.17, 15) is 17.6 Å². The minimum absolute atomic E-state index is 0.0674. The molecule has 3 rings (SSSR count). The van der Waals surface area contributed by atoms with Gasteiger partial charge in [-0.1, -0.05) is 11.6 Å². The second kappa shape index (κ2) is 6.16. The summed E-state index contributed by atoms with van der Waals surface area (Å²) in [6, 6.07) is 2.37. The fraction of sp³-hybridized carbons (Fsp3) is 0.143. The smallest absolute Gasteiger partial charge is 0.323 e. The van der Waals surface area contributed by atoms with Gasteiger partial charge in [0, 0.05) is 36.4 Å². The first-order valence-corrected chi connectivity index (χ1v) is 6.93. The average Bonchev–Trinajstić information content (AvgIpc) is 2.94. The SMILES string of the molecule is Fc1cc(-c2nc(C(F)(F)F)cn2Cc2ncc(Cl)cn2)ccn1. The Kier molecular flexibility index (Phi) is 4.18. The highest BCUT2D eigenvalue weighted by molar-refractivity contribution is 6.30. The quantitative estimate of drug-likeness (QED) is 0.531. The van der Waals surface area contributed by atoms with Crippen LogP contribution in [0, 0.1) is 5.95 Å². The molecule has 3 aromatic rings. The molecule has 0 aromatic carbocycles. The van der Waals surface area contributed by atoms with Gasteiger partial charge in [-0.2, -0.15) is 17.6 Å². The molecule has 124 valence electrons. The molecule has 0 amide bonds. The van der Waals surface area contributed by atoms with E-state index in [4.69, 9.17) is 11.6 Å². The van der Waals surface area contributed by atoms with E-state index in [0.29, 0.717) is 5.02 Å². The van der Waals surface area contributed by atoms with Gasteiger partial charge < -0.3 is 4.57 Å². The van der Waals surface area contributed by atoms with Crippen LogP contribution in [0.25, 0.3) is 11.4 Å². The summed E-state index contributed by atoms with van der Waals surface area (Å²) in [7, 11) is 0. The molecule has 10 heteroatoms. The molecule has 0 fully saturated rings. The predicted octanol–water partition coefficient (Wildman–Crippen LogP) is 3.59. The molecule has 24 heavy (non-hydrogen) atoms. The van der Waals surface area contributed by atoms with E-state index in [0.717, 1.165) is 18.5 Å². The van der Waals surface area contributed by atoms with Crippen LogP contribution >= 0.6 is 11.6 Å². The van der Waals surface area contributed by atoms with Crippen LogP contribution in [0.15, 0.2) is 36.9 Å². The summed E-state index contributed by atoms with van der Waals surface area (Å²) in [6.07, 6.45) is 0.00231. The van der Waals surface area contributed by atoms with Gasteiger partial charge in [0.25, 0.3) is 0 Å². The summed E-state index contributed by atoms with van der Waals surface area (Å²) in [4.78, 5) is 14.8. The lowest BCUT2D eigenvalue weighted by molar-refractivity contribution is -0.140. The van der Waals surface area contributed by atoms with Gasteiger partial charge in [0.15, 0.2) is 5.69 Å². The largest absolute Gasteiger partial charge is 0.434 e. The van der Waals surface area contributed by atoms with E-state index >= 15 is 0 Å². The number of alkyl halides is 3. The van der Waals surface area contributed by atoms with Crippen LogP contribution in [-0.4, -0.2) is 24.5 Å². The van der Waals surface area contributed by atoms with Crippen LogP contribution in [0.4, 0.5) is 17.6 Å².